The summed E-state index contributed by atoms with van der Waals surface area (Å²) in [5, 5.41) is 0.219. The molecule has 0 amide bonds. The summed E-state index contributed by atoms with van der Waals surface area (Å²) in [6, 6.07) is 4.31. The number of pyridine rings is 1. The van der Waals surface area contributed by atoms with Crippen LogP contribution in [0.25, 0.3) is 10.9 Å². The molecule has 0 unspecified atom stereocenters. The molecular weight excluding hydrogens is 260 g/mol. The van der Waals surface area contributed by atoms with Gasteiger partial charge >= 0.3 is 12.4 Å². The maximum atomic E-state index is 12.4. The Morgan fingerprint density at radius 2 is 1.39 bits per heavy atom. The molecule has 0 spiro atoms. The van der Waals surface area contributed by atoms with Crippen molar-refractivity contribution in [3.63, 3.8) is 0 Å². The van der Waals surface area contributed by atoms with Crippen molar-refractivity contribution in [1.82, 2.24) is 4.98 Å². The number of benzene rings is 1. The molecule has 0 fully saturated rings. The van der Waals surface area contributed by atoms with Crippen LogP contribution in [0, 0.1) is 0 Å². The largest absolute Gasteiger partial charge is 0.433 e. The summed E-state index contributed by atoms with van der Waals surface area (Å²) in [5.41, 5.74) is -2.57. The van der Waals surface area contributed by atoms with E-state index < -0.39 is 23.6 Å². The summed E-state index contributed by atoms with van der Waals surface area (Å²) >= 11 is 0. The SMILES string of the molecule is FC(F)(F)c1ccc2ccc(C(F)(F)F)nc2c1. The zero-order valence-corrected chi connectivity index (χ0v) is 8.60. The lowest BCUT2D eigenvalue weighted by atomic mass is 10.1. The van der Waals surface area contributed by atoms with Crippen LogP contribution in [-0.4, -0.2) is 4.98 Å². The van der Waals surface area contributed by atoms with E-state index in [1.807, 2.05) is 0 Å². The maximum Gasteiger partial charge on any atom is 0.433 e. The molecule has 0 saturated heterocycles. The van der Waals surface area contributed by atoms with Crippen molar-refractivity contribution in [2.24, 2.45) is 0 Å². The molecule has 0 aliphatic heterocycles. The lowest BCUT2D eigenvalue weighted by molar-refractivity contribution is -0.141. The first-order valence-corrected chi connectivity index (χ1v) is 4.73. The molecule has 1 nitrogen and oxygen atoms in total. The van der Waals surface area contributed by atoms with Gasteiger partial charge in [0.2, 0.25) is 0 Å². The van der Waals surface area contributed by atoms with Gasteiger partial charge in [0.15, 0.2) is 0 Å². The predicted molar refractivity (Wildman–Crippen MR) is 51.7 cm³/mol. The first-order valence-electron chi connectivity index (χ1n) is 4.73. The topological polar surface area (TPSA) is 12.9 Å². The molecule has 2 rings (SSSR count). The average Bonchev–Trinajstić information content (AvgIpc) is 2.25. The van der Waals surface area contributed by atoms with Crippen molar-refractivity contribution >= 4 is 10.9 Å². The summed E-state index contributed by atoms with van der Waals surface area (Å²) in [7, 11) is 0. The van der Waals surface area contributed by atoms with Crippen molar-refractivity contribution in [2.45, 2.75) is 12.4 Å². The van der Waals surface area contributed by atoms with Crippen LogP contribution < -0.4 is 0 Å². The molecule has 2 aromatic rings. The van der Waals surface area contributed by atoms with Crippen molar-refractivity contribution in [1.29, 1.82) is 0 Å². The predicted octanol–water partition coefficient (Wildman–Crippen LogP) is 4.27. The Kier molecular flexibility index (Phi) is 2.71. The highest BCUT2D eigenvalue weighted by Gasteiger charge is 2.33. The molecule has 1 aromatic heterocycles. The highest BCUT2D eigenvalue weighted by atomic mass is 19.4. The van der Waals surface area contributed by atoms with Gasteiger partial charge in [-0.25, -0.2) is 4.98 Å². The van der Waals surface area contributed by atoms with Crippen LogP contribution in [0.2, 0.25) is 0 Å². The van der Waals surface area contributed by atoms with Gasteiger partial charge in [0.05, 0.1) is 11.1 Å². The normalized spacial score (nSPS) is 13.0. The van der Waals surface area contributed by atoms with Crippen LogP contribution in [0.5, 0.6) is 0 Å². The van der Waals surface area contributed by atoms with E-state index in [1.54, 1.807) is 0 Å². The van der Waals surface area contributed by atoms with Gasteiger partial charge in [0.1, 0.15) is 5.69 Å². The molecule has 18 heavy (non-hydrogen) atoms. The van der Waals surface area contributed by atoms with Crippen LogP contribution >= 0.6 is 0 Å². The Bertz CT molecular complexity index is 535. The minimum absolute atomic E-state index is 0.219. The Balaban J connectivity index is 2.61. The molecular formula is C11H5F6N. The fourth-order valence-corrected chi connectivity index (χ4v) is 1.45. The smallest absolute Gasteiger partial charge is 0.243 e. The molecule has 1 aromatic carbocycles. The zero-order valence-electron chi connectivity index (χ0n) is 8.60. The van der Waals surface area contributed by atoms with Crippen molar-refractivity contribution in [2.75, 3.05) is 0 Å². The van der Waals surface area contributed by atoms with E-state index in [1.165, 1.54) is 0 Å². The van der Waals surface area contributed by atoms with E-state index in [2.05, 4.69) is 4.98 Å². The molecule has 96 valence electrons. The Morgan fingerprint density at radius 3 is 1.94 bits per heavy atom. The summed E-state index contributed by atoms with van der Waals surface area (Å²) in [6.45, 7) is 0. The molecule has 0 aliphatic carbocycles. The Labute approximate surface area is 97.1 Å². The minimum Gasteiger partial charge on any atom is -0.243 e. The van der Waals surface area contributed by atoms with Gasteiger partial charge < -0.3 is 0 Å². The lowest BCUT2D eigenvalue weighted by Crippen LogP contribution is -2.08. The van der Waals surface area contributed by atoms with E-state index in [0.717, 1.165) is 24.3 Å². The third kappa shape index (κ3) is 2.39. The van der Waals surface area contributed by atoms with Gasteiger partial charge in [-0.1, -0.05) is 12.1 Å². The number of hydrogen-bond donors (Lipinski definition) is 0. The van der Waals surface area contributed by atoms with Gasteiger partial charge in [-0.2, -0.15) is 26.3 Å². The number of alkyl halides is 6. The second-order valence-electron chi connectivity index (χ2n) is 3.60. The average molecular weight is 265 g/mol. The molecule has 7 heteroatoms. The molecule has 0 bridgehead atoms. The summed E-state index contributed by atoms with van der Waals surface area (Å²) in [4.78, 5) is 3.20. The molecule has 0 N–H and O–H groups in total. The Morgan fingerprint density at radius 1 is 0.778 bits per heavy atom. The number of aromatic nitrogens is 1. The highest BCUT2D eigenvalue weighted by molar-refractivity contribution is 5.79. The van der Waals surface area contributed by atoms with Crippen LogP contribution in [0.3, 0.4) is 0 Å². The van der Waals surface area contributed by atoms with Crippen molar-refractivity contribution in [3.8, 4) is 0 Å². The highest BCUT2D eigenvalue weighted by Crippen LogP contribution is 2.33. The van der Waals surface area contributed by atoms with E-state index in [4.69, 9.17) is 0 Å². The van der Waals surface area contributed by atoms with Crippen LogP contribution in [-0.2, 0) is 12.4 Å². The maximum absolute atomic E-state index is 12.4. The fraction of sp³-hybridized carbons (Fsp3) is 0.182. The minimum atomic E-state index is -4.68. The van der Waals surface area contributed by atoms with E-state index in [9.17, 15) is 26.3 Å². The first-order chi connectivity index (χ1) is 8.18. The molecule has 0 atom stereocenters. The van der Waals surface area contributed by atoms with Crippen LogP contribution in [0.15, 0.2) is 30.3 Å². The van der Waals surface area contributed by atoms with Gasteiger partial charge in [-0.05, 0) is 18.2 Å². The number of rotatable bonds is 0. The first kappa shape index (κ1) is 12.7. The van der Waals surface area contributed by atoms with E-state index >= 15 is 0 Å². The zero-order chi connectivity index (χ0) is 13.6. The monoisotopic (exact) mass is 265 g/mol. The second kappa shape index (κ2) is 3.86. The van der Waals surface area contributed by atoms with Crippen LogP contribution in [0.1, 0.15) is 11.3 Å². The number of hydrogen-bond acceptors (Lipinski definition) is 1. The standard InChI is InChI=1S/C11H5F6N/c12-10(13,14)7-3-1-6-2-4-9(11(15,16)17)18-8(6)5-7/h1-5H. The van der Waals surface area contributed by atoms with Crippen LogP contribution in [0.4, 0.5) is 26.3 Å². The fourth-order valence-electron chi connectivity index (χ4n) is 1.45. The molecule has 0 saturated carbocycles. The third-order valence-corrected chi connectivity index (χ3v) is 2.31. The van der Waals surface area contributed by atoms with Crippen molar-refractivity contribution < 1.29 is 26.3 Å². The lowest BCUT2D eigenvalue weighted by Gasteiger charge is -2.09. The van der Waals surface area contributed by atoms with Gasteiger partial charge in [-0.3, -0.25) is 0 Å². The van der Waals surface area contributed by atoms with E-state index in [-0.39, 0.29) is 10.9 Å². The van der Waals surface area contributed by atoms with Gasteiger partial charge in [-0.15, -0.1) is 0 Å². The summed E-state index contributed by atoms with van der Waals surface area (Å²) < 4.78 is 74.3. The number of fused-ring (bicyclic) bond motifs is 1. The molecule has 1 heterocycles. The number of nitrogens with zero attached hydrogens (tertiary/aromatic N) is 1. The van der Waals surface area contributed by atoms with E-state index in [0.29, 0.717) is 6.07 Å². The number of halogens is 6. The third-order valence-electron chi connectivity index (χ3n) is 2.31. The molecule has 0 radical (unpaired) electrons. The van der Waals surface area contributed by atoms with Gasteiger partial charge in [0, 0.05) is 5.39 Å². The van der Waals surface area contributed by atoms with Crippen molar-refractivity contribution in [3.05, 3.63) is 41.6 Å². The summed E-state index contributed by atoms with van der Waals surface area (Å²) in [6.07, 6.45) is -9.29. The Hall–Kier alpha value is -1.79. The quantitative estimate of drug-likeness (QED) is 0.648. The van der Waals surface area contributed by atoms with Gasteiger partial charge in [0.25, 0.3) is 0 Å². The molecule has 0 aliphatic rings. The second-order valence-corrected chi connectivity index (χ2v) is 3.60. The summed E-state index contributed by atoms with van der Waals surface area (Å²) in [5.74, 6) is 0.